The normalized spacial score (nSPS) is 12.0. The molecule has 0 aliphatic heterocycles. The van der Waals surface area contributed by atoms with E-state index >= 15 is 0 Å². The molecule has 2 aromatic rings. The van der Waals surface area contributed by atoms with E-state index in [9.17, 15) is 23.6 Å². The number of sulfonamides is 1. The van der Waals surface area contributed by atoms with Crippen molar-refractivity contribution in [3.8, 4) is 5.75 Å². The summed E-state index contributed by atoms with van der Waals surface area (Å²) in [6, 6.07) is 10.1. The number of nitro benzene ring substituents is 1. The molecule has 0 saturated carbocycles. The molecular formula is C18H21N3O5S. The molecule has 0 unspecified atom stereocenters. The SMILES string of the molecule is CCN(CC)S(=O)(=O)c1ccc(CN=Cc2cc([N+](=O)[O-])ccc2O)cc1. The highest BCUT2D eigenvalue weighted by atomic mass is 32.2. The number of nitro groups is 1. The van der Waals surface area contributed by atoms with Crippen LogP contribution in [-0.4, -0.2) is 42.1 Å². The van der Waals surface area contributed by atoms with Gasteiger partial charge in [-0.15, -0.1) is 0 Å². The number of nitrogens with zero attached hydrogens (tertiary/aromatic N) is 3. The van der Waals surface area contributed by atoms with Crippen LogP contribution in [0.15, 0.2) is 52.4 Å². The highest BCUT2D eigenvalue weighted by molar-refractivity contribution is 7.89. The van der Waals surface area contributed by atoms with E-state index in [-0.39, 0.29) is 28.4 Å². The maximum absolute atomic E-state index is 12.4. The Balaban J connectivity index is 2.13. The van der Waals surface area contributed by atoms with Crippen LogP contribution in [0.3, 0.4) is 0 Å². The van der Waals surface area contributed by atoms with Crippen molar-refractivity contribution in [1.29, 1.82) is 0 Å². The molecule has 8 nitrogen and oxygen atoms in total. The molecule has 2 rings (SSSR count). The van der Waals surface area contributed by atoms with Crippen LogP contribution in [-0.2, 0) is 16.6 Å². The van der Waals surface area contributed by atoms with E-state index in [1.165, 1.54) is 40.9 Å². The highest BCUT2D eigenvalue weighted by Gasteiger charge is 2.21. The van der Waals surface area contributed by atoms with Gasteiger partial charge in [-0.2, -0.15) is 4.31 Å². The second-order valence-electron chi connectivity index (χ2n) is 5.70. The van der Waals surface area contributed by atoms with Crippen LogP contribution >= 0.6 is 0 Å². The van der Waals surface area contributed by atoms with Gasteiger partial charge in [0.1, 0.15) is 5.75 Å². The van der Waals surface area contributed by atoms with Crippen molar-refractivity contribution in [2.45, 2.75) is 25.3 Å². The van der Waals surface area contributed by atoms with Gasteiger partial charge in [-0.3, -0.25) is 15.1 Å². The fourth-order valence-corrected chi connectivity index (χ4v) is 3.95. The standard InChI is InChI=1S/C18H21N3O5S/c1-3-20(4-2)27(25,26)17-8-5-14(6-9-17)12-19-13-15-11-16(21(23)24)7-10-18(15)22/h5-11,13,22H,3-4,12H2,1-2H3. The van der Waals surface area contributed by atoms with Crippen LogP contribution in [0.1, 0.15) is 25.0 Å². The third kappa shape index (κ3) is 4.89. The lowest BCUT2D eigenvalue weighted by Gasteiger charge is -2.18. The summed E-state index contributed by atoms with van der Waals surface area (Å²) in [5.74, 6) is -0.106. The zero-order chi connectivity index (χ0) is 20.0. The van der Waals surface area contributed by atoms with E-state index in [1.54, 1.807) is 26.0 Å². The number of rotatable bonds is 8. The van der Waals surface area contributed by atoms with Gasteiger partial charge in [0.25, 0.3) is 5.69 Å². The molecule has 0 atom stereocenters. The second kappa shape index (κ2) is 8.74. The van der Waals surface area contributed by atoms with Crippen molar-refractivity contribution in [3.63, 3.8) is 0 Å². The Morgan fingerprint density at radius 3 is 2.33 bits per heavy atom. The molecule has 9 heteroatoms. The van der Waals surface area contributed by atoms with Gasteiger partial charge < -0.3 is 5.11 Å². The molecule has 27 heavy (non-hydrogen) atoms. The highest BCUT2D eigenvalue weighted by Crippen LogP contribution is 2.21. The average Bonchev–Trinajstić information content (AvgIpc) is 2.64. The number of hydrogen-bond donors (Lipinski definition) is 1. The second-order valence-corrected chi connectivity index (χ2v) is 7.64. The largest absolute Gasteiger partial charge is 0.507 e. The summed E-state index contributed by atoms with van der Waals surface area (Å²) >= 11 is 0. The zero-order valence-electron chi connectivity index (χ0n) is 15.1. The summed E-state index contributed by atoms with van der Waals surface area (Å²) < 4.78 is 26.3. The summed E-state index contributed by atoms with van der Waals surface area (Å²) in [5, 5.41) is 20.5. The van der Waals surface area contributed by atoms with Crippen molar-refractivity contribution in [2.24, 2.45) is 4.99 Å². The van der Waals surface area contributed by atoms with Crippen LogP contribution in [0.25, 0.3) is 0 Å². The number of hydrogen-bond acceptors (Lipinski definition) is 6. The molecule has 0 saturated heterocycles. The summed E-state index contributed by atoms with van der Waals surface area (Å²) in [5.41, 5.74) is 0.875. The van der Waals surface area contributed by atoms with Crippen LogP contribution in [0.4, 0.5) is 5.69 Å². The fourth-order valence-electron chi connectivity index (χ4n) is 2.49. The number of phenolic OH excluding ortho intramolecular Hbond substituents is 1. The van der Waals surface area contributed by atoms with E-state index < -0.39 is 14.9 Å². The predicted molar refractivity (Wildman–Crippen MR) is 103 cm³/mol. The topological polar surface area (TPSA) is 113 Å². The lowest BCUT2D eigenvalue weighted by Crippen LogP contribution is -2.30. The third-order valence-corrected chi connectivity index (χ3v) is 6.06. The fraction of sp³-hybridized carbons (Fsp3) is 0.278. The third-order valence-electron chi connectivity index (χ3n) is 3.99. The Bertz CT molecular complexity index is 936. The van der Waals surface area contributed by atoms with Gasteiger partial charge in [0, 0.05) is 37.0 Å². The summed E-state index contributed by atoms with van der Waals surface area (Å²) in [6.07, 6.45) is 1.35. The molecule has 0 aromatic heterocycles. The maximum Gasteiger partial charge on any atom is 0.270 e. The molecule has 2 aromatic carbocycles. The molecule has 0 aliphatic carbocycles. The lowest BCUT2D eigenvalue weighted by atomic mass is 10.2. The number of phenols is 1. The van der Waals surface area contributed by atoms with E-state index in [1.807, 2.05) is 0 Å². The molecule has 0 spiro atoms. The van der Waals surface area contributed by atoms with E-state index in [4.69, 9.17) is 0 Å². The first-order valence-corrected chi connectivity index (χ1v) is 9.80. The van der Waals surface area contributed by atoms with Gasteiger partial charge in [-0.1, -0.05) is 26.0 Å². The molecular weight excluding hydrogens is 370 g/mol. The average molecular weight is 391 g/mol. The van der Waals surface area contributed by atoms with Gasteiger partial charge in [0.15, 0.2) is 0 Å². The van der Waals surface area contributed by atoms with Gasteiger partial charge in [-0.25, -0.2) is 8.42 Å². The molecule has 0 bridgehead atoms. The Morgan fingerprint density at radius 2 is 1.78 bits per heavy atom. The number of aromatic hydroxyl groups is 1. The summed E-state index contributed by atoms with van der Waals surface area (Å²) in [7, 11) is -3.50. The zero-order valence-corrected chi connectivity index (χ0v) is 15.9. The van der Waals surface area contributed by atoms with E-state index in [2.05, 4.69) is 4.99 Å². The predicted octanol–water partition coefficient (Wildman–Crippen LogP) is 2.95. The number of aliphatic imine (C=N–C) groups is 1. The maximum atomic E-state index is 12.4. The molecule has 0 aliphatic rings. The van der Waals surface area contributed by atoms with Crippen LogP contribution in [0, 0.1) is 10.1 Å². The van der Waals surface area contributed by atoms with Crippen molar-refractivity contribution in [3.05, 3.63) is 63.7 Å². The van der Waals surface area contributed by atoms with Crippen LogP contribution < -0.4 is 0 Å². The Kier molecular flexibility index (Phi) is 6.65. The Labute approximate surface area is 158 Å². The molecule has 144 valence electrons. The minimum Gasteiger partial charge on any atom is -0.507 e. The first kappa shape index (κ1) is 20.5. The first-order chi connectivity index (χ1) is 12.8. The number of non-ortho nitro benzene ring substituents is 1. The number of benzene rings is 2. The first-order valence-electron chi connectivity index (χ1n) is 8.36. The van der Waals surface area contributed by atoms with Gasteiger partial charge in [0.2, 0.25) is 10.0 Å². The summed E-state index contributed by atoms with van der Waals surface area (Å²) in [6.45, 7) is 4.61. The Morgan fingerprint density at radius 1 is 1.15 bits per heavy atom. The minimum absolute atomic E-state index is 0.106. The molecule has 1 N–H and O–H groups in total. The van der Waals surface area contributed by atoms with Gasteiger partial charge >= 0.3 is 0 Å². The summed E-state index contributed by atoms with van der Waals surface area (Å²) in [4.78, 5) is 14.6. The van der Waals surface area contributed by atoms with Crippen molar-refractivity contribution >= 4 is 21.9 Å². The molecule has 0 radical (unpaired) electrons. The monoisotopic (exact) mass is 391 g/mol. The molecule has 0 fully saturated rings. The van der Waals surface area contributed by atoms with Crippen molar-refractivity contribution in [2.75, 3.05) is 13.1 Å². The van der Waals surface area contributed by atoms with Gasteiger partial charge in [0.05, 0.1) is 16.4 Å². The minimum atomic E-state index is -3.50. The lowest BCUT2D eigenvalue weighted by molar-refractivity contribution is -0.384. The molecule has 0 amide bonds. The smallest absolute Gasteiger partial charge is 0.270 e. The van der Waals surface area contributed by atoms with Crippen molar-refractivity contribution < 1.29 is 18.4 Å². The van der Waals surface area contributed by atoms with E-state index in [0.717, 1.165) is 5.56 Å². The quantitative estimate of drug-likeness (QED) is 0.422. The Hall–Kier alpha value is -2.78. The molecule has 0 heterocycles. The van der Waals surface area contributed by atoms with Crippen LogP contribution in [0.5, 0.6) is 5.75 Å². The van der Waals surface area contributed by atoms with Crippen LogP contribution in [0.2, 0.25) is 0 Å². The van der Waals surface area contributed by atoms with Crippen molar-refractivity contribution in [1.82, 2.24) is 4.31 Å². The van der Waals surface area contributed by atoms with E-state index in [0.29, 0.717) is 13.1 Å². The van der Waals surface area contributed by atoms with Gasteiger partial charge in [-0.05, 0) is 23.8 Å².